The summed E-state index contributed by atoms with van der Waals surface area (Å²) >= 11 is 0. The van der Waals surface area contributed by atoms with Gasteiger partial charge in [0.05, 0.1) is 16.8 Å². The molecular weight excluding hydrogens is 355 g/mol. The zero-order valence-electron chi connectivity index (χ0n) is 15.2. The highest BCUT2D eigenvalue weighted by atomic mass is 19.4. The van der Waals surface area contributed by atoms with Crippen molar-refractivity contribution in [3.8, 4) is 0 Å². The number of nitrogens with zero attached hydrogens (tertiary/aromatic N) is 3. The Kier molecular flexibility index (Phi) is 5.77. The van der Waals surface area contributed by atoms with Crippen LogP contribution in [0.1, 0.15) is 46.4 Å². The van der Waals surface area contributed by atoms with Crippen LogP contribution >= 0.6 is 0 Å². The summed E-state index contributed by atoms with van der Waals surface area (Å²) in [4.78, 5) is 22.5. The zero-order valence-corrected chi connectivity index (χ0v) is 15.2. The average Bonchev–Trinajstić information content (AvgIpc) is 2.66. The van der Waals surface area contributed by atoms with Gasteiger partial charge in [-0.2, -0.15) is 13.2 Å². The molecule has 2 heterocycles. The number of piperidine rings is 1. The Morgan fingerprint density at radius 1 is 1.30 bits per heavy atom. The van der Waals surface area contributed by atoms with Gasteiger partial charge in [-0.25, -0.2) is 9.97 Å². The lowest BCUT2D eigenvalue weighted by atomic mass is 9.90. The van der Waals surface area contributed by atoms with Gasteiger partial charge in [-0.05, 0) is 50.2 Å². The molecule has 1 aliphatic heterocycles. The van der Waals surface area contributed by atoms with E-state index < -0.39 is 11.7 Å². The quantitative estimate of drug-likeness (QED) is 0.799. The number of aryl methyl sites for hydroxylation is 2. The average molecular weight is 377 g/mol. The van der Waals surface area contributed by atoms with E-state index in [1.165, 1.54) is 18.6 Å². The minimum absolute atomic E-state index is 0.103. The van der Waals surface area contributed by atoms with Crippen molar-refractivity contribution >= 4 is 5.91 Å². The minimum Gasteiger partial charge on any atom is -0.338 e. The predicted molar refractivity (Wildman–Crippen MR) is 95.2 cm³/mol. The molecule has 1 aromatic carbocycles. The lowest BCUT2D eigenvalue weighted by molar-refractivity contribution is -0.138. The molecule has 0 saturated carbocycles. The maximum Gasteiger partial charge on any atom is 0.416 e. The van der Waals surface area contributed by atoms with Crippen molar-refractivity contribution < 1.29 is 18.0 Å². The van der Waals surface area contributed by atoms with E-state index >= 15 is 0 Å². The molecule has 4 nitrogen and oxygen atoms in total. The first-order valence-corrected chi connectivity index (χ1v) is 9.07. The molecule has 1 fully saturated rings. The molecule has 2 aromatic rings. The van der Waals surface area contributed by atoms with Crippen LogP contribution in [0.4, 0.5) is 13.2 Å². The van der Waals surface area contributed by atoms with Gasteiger partial charge in [-0.3, -0.25) is 4.79 Å². The first-order valence-electron chi connectivity index (χ1n) is 9.07. The number of carbonyl (C=O) groups is 1. The Balaban J connectivity index is 1.65. The van der Waals surface area contributed by atoms with Crippen LogP contribution in [-0.2, 0) is 12.6 Å². The molecule has 3 rings (SSSR count). The molecule has 0 radical (unpaired) electrons. The second-order valence-electron chi connectivity index (χ2n) is 6.97. The van der Waals surface area contributed by atoms with Crippen molar-refractivity contribution in [3.05, 3.63) is 59.2 Å². The van der Waals surface area contributed by atoms with E-state index in [1.54, 1.807) is 24.0 Å². The van der Waals surface area contributed by atoms with Gasteiger partial charge in [0.2, 0.25) is 0 Å². The van der Waals surface area contributed by atoms with E-state index in [9.17, 15) is 18.0 Å². The Bertz CT molecular complexity index is 807. The first-order chi connectivity index (χ1) is 12.9. The van der Waals surface area contributed by atoms with Gasteiger partial charge in [0.1, 0.15) is 6.33 Å². The number of benzene rings is 1. The molecule has 144 valence electrons. The van der Waals surface area contributed by atoms with Crippen molar-refractivity contribution in [2.45, 2.75) is 38.8 Å². The third kappa shape index (κ3) is 4.64. The molecule has 1 aliphatic rings. The number of amides is 1. The van der Waals surface area contributed by atoms with E-state index in [0.29, 0.717) is 42.8 Å². The number of carbonyl (C=O) groups excluding carboxylic acids is 1. The van der Waals surface area contributed by atoms with Gasteiger partial charge in [0.15, 0.2) is 0 Å². The monoisotopic (exact) mass is 377 g/mol. The largest absolute Gasteiger partial charge is 0.416 e. The summed E-state index contributed by atoms with van der Waals surface area (Å²) in [5.41, 5.74) is 0.878. The van der Waals surface area contributed by atoms with Gasteiger partial charge < -0.3 is 4.90 Å². The SMILES string of the molecule is Cc1ncncc1C(=O)N1CCCC(CCc2ccccc2C(F)(F)F)C1. The molecule has 1 atom stereocenters. The molecule has 1 unspecified atom stereocenters. The molecule has 0 spiro atoms. The van der Waals surface area contributed by atoms with Gasteiger partial charge in [0.25, 0.3) is 5.91 Å². The van der Waals surface area contributed by atoms with Crippen molar-refractivity contribution in [1.29, 1.82) is 0 Å². The summed E-state index contributed by atoms with van der Waals surface area (Å²) in [5, 5.41) is 0. The summed E-state index contributed by atoms with van der Waals surface area (Å²) in [6.07, 6.45) is 1.34. The van der Waals surface area contributed by atoms with Crippen molar-refractivity contribution in [3.63, 3.8) is 0 Å². The summed E-state index contributed by atoms with van der Waals surface area (Å²) in [6.45, 7) is 2.98. The fraction of sp³-hybridized carbons (Fsp3) is 0.450. The predicted octanol–water partition coefficient (Wildman–Crippen LogP) is 4.29. The van der Waals surface area contributed by atoms with E-state index in [4.69, 9.17) is 0 Å². The highest BCUT2D eigenvalue weighted by Gasteiger charge is 2.33. The highest BCUT2D eigenvalue weighted by molar-refractivity contribution is 5.94. The molecule has 0 bridgehead atoms. The Morgan fingerprint density at radius 2 is 2.07 bits per heavy atom. The third-order valence-corrected chi connectivity index (χ3v) is 5.09. The van der Waals surface area contributed by atoms with E-state index in [-0.39, 0.29) is 11.8 Å². The number of halogens is 3. The van der Waals surface area contributed by atoms with Crippen LogP contribution < -0.4 is 0 Å². The molecule has 1 aromatic heterocycles. The normalized spacial score (nSPS) is 17.8. The standard InChI is InChI=1S/C20H22F3N3O/c1-14-17(11-24-13-25-14)19(27)26-10-4-5-15(12-26)8-9-16-6-2-3-7-18(16)20(21,22)23/h2-3,6-7,11,13,15H,4-5,8-10,12H2,1H3. The molecule has 0 N–H and O–H groups in total. The van der Waals surface area contributed by atoms with Crippen LogP contribution in [0.3, 0.4) is 0 Å². The van der Waals surface area contributed by atoms with Crippen molar-refractivity contribution in [2.24, 2.45) is 5.92 Å². The maximum absolute atomic E-state index is 13.1. The first kappa shape index (κ1) is 19.3. The van der Waals surface area contributed by atoms with Gasteiger partial charge in [-0.1, -0.05) is 18.2 Å². The fourth-order valence-electron chi connectivity index (χ4n) is 3.63. The summed E-state index contributed by atoms with van der Waals surface area (Å²) in [7, 11) is 0. The van der Waals surface area contributed by atoms with Crippen LogP contribution in [-0.4, -0.2) is 33.9 Å². The number of hydrogen-bond donors (Lipinski definition) is 0. The second-order valence-corrected chi connectivity index (χ2v) is 6.97. The third-order valence-electron chi connectivity index (χ3n) is 5.09. The molecule has 7 heteroatoms. The summed E-state index contributed by atoms with van der Waals surface area (Å²) in [6, 6.07) is 5.72. The highest BCUT2D eigenvalue weighted by Crippen LogP contribution is 2.33. The summed E-state index contributed by atoms with van der Waals surface area (Å²) in [5.74, 6) is 0.0856. The number of rotatable bonds is 4. The Labute approximate surface area is 156 Å². The van der Waals surface area contributed by atoms with E-state index in [2.05, 4.69) is 9.97 Å². The topological polar surface area (TPSA) is 46.1 Å². The van der Waals surface area contributed by atoms with Gasteiger partial charge in [-0.15, -0.1) is 0 Å². The van der Waals surface area contributed by atoms with Crippen LogP contribution in [0.5, 0.6) is 0 Å². The maximum atomic E-state index is 13.1. The molecule has 0 aliphatic carbocycles. The number of aromatic nitrogens is 2. The zero-order chi connectivity index (χ0) is 19.4. The van der Waals surface area contributed by atoms with Gasteiger partial charge in [0, 0.05) is 19.3 Å². The smallest absolute Gasteiger partial charge is 0.338 e. The lowest BCUT2D eigenvalue weighted by Gasteiger charge is -2.33. The van der Waals surface area contributed by atoms with Gasteiger partial charge >= 0.3 is 6.18 Å². The van der Waals surface area contributed by atoms with Crippen molar-refractivity contribution in [2.75, 3.05) is 13.1 Å². The number of alkyl halides is 3. The molecule has 1 amide bonds. The molecular formula is C20H22F3N3O. The number of likely N-dealkylation sites (tertiary alicyclic amines) is 1. The number of hydrogen-bond acceptors (Lipinski definition) is 3. The van der Waals surface area contributed by atoms with Crippen molar-refractivity contribution in [1.82, 2.24) is 14.9 Å². The van der Waals surface area contributed by atoms with Crippen LogP contribution in [0.25, 0.3) is 0 Å². The molecule has 1 saturated heterocycles. The lowest BCUT2D eigenvalue weighted by Crippen LogP contribution is -2.40. The second kappa shape index (κ2) is 8.06. The fourth-order valence-corrected chi connectivity index (χ4v) is 3.63. The summed E-state index contributed by atoms with van der Waals surface area (Å²) < 4.78 is 39.4. The Hall–Kier alpha value is -2.44. The minimum atomic E-state index is -4.34. The van der Waals surface area contributed by atoms with Crippen LogP contribution in [0.15, 0.2) is 36.8 Å². The van der Waals surface area contributed by atoms with E-state index in [0.717, 1.165) is 18.9 Å². The van der Waals surface area contributed by atoms with Crippen LogP contribution in [0, 0.1) is 12.8 Å². The van der Waals surface area contributed by atoms with Crippen LogP contribution in [0.2, 0.25) is 0 Å². The van der Waals surface area contributed by atoms with E-state index in [1.807, 2.05) is 0 Å². The Morgan fingerprint density at radius 3 is 2.81 bits per heavy atom. The molecule has 27 heavy (non-hydrogen) atoms.